The topological polar surface area (TPSA) is 34.1 Å². The Morgan fingerprint density at radius 1 is 0.722 bits per heavy atom. The molecule has 0 radical (unpaired) electrons. The van der Waals surface area contributed by atoms with Crippen molar-refractivity contribution in [2.24, 2.45) is 62.6 Å². The fourth-order valence-corrected chi connectivity index (χ4v) is 12.3. The van der Waals surface area contributed by atoms with Gasteiger partial charge in [-0.2, -0.15) is 0 Å². The highest BCUT2D eigenvalue weighted by Crippen LogP contribution is 2.77. The van der Waals surface area contributed by atoms with Crippen LogP contribution in [0.25, 0.3) is 0 Å². The van der Waals surface area contributed by atoms with Crippen molar-refractivity contribution in [2.75, 3.05) is 0 Å². The molecule has 1 unspecified atom stereocenters. The van der Waals surface area contributed by atoms with Gasteiger partial charge in [-0.25, -0.2) is 0 Å². The van der Waals surface area contributed by atoms with Crippen LogP contribution in [-0.2, 0) is 9.59 Å². The minimum atomic E-state index is -0.685. The van der Waals surface area contributed by atoms with Gasteiger partial charge in [0.2, 0.25) is 0 Å². The predicted octanol–water partition coefficient (Wildman–Crippen LogP) is 9.05. The second-order valence-corrected chi connectivity index (χ2v) is 16.1. The van der Waals surface area contributed by atoms with Crippen molar-refractivity contribution in [3.05, 3.63) is 0 Å². The summed E-state index contributed by atoms with van der Waals surface area (Å²) in [5.74, 6) is 5.22. The molecule has 5 fully saturated rings. The van der Waals surface area contributed by atoms with Crippen LogP contribution in [0.5, 0.6) is 0 Å². The second-order valence-electron chi connectivity index (χ2n) is 16.1. The van der Waals surface area contributed by atoms with Gasteiger partial charge in [0.25, 0.3) is 0 Å². The molecule has 5 rings (SSSR count). The molecule has 1 spiro atoms. The van der Waals surface area contributed by atoms with E-state index in [9.17, 15) is 9.59 Å². The summed E-state index contributed by atoms with van der Waals surface area (Å²) in [6, 6.07) is 0. The number of Topliss-reactive ketones (excluding diaryl/α,β-unsaturated/α-hetero) is 2. The van der Waals surface area contributed by atoms with Crippen LogP contribution in [0.3, 0.4) is 0 Å². The van der Waals surface area contributed by atoms with E-state index >= 15 is 0 Å². The van der Waals surface area contributed by atoms with Crippen molar-refractivity contribution >= 4 is 11.6 Å². The zero-order chi connectivity index (χ0) is 26.3. The van der Waals surface area contributed by atoms with E-state index in [1.807, 2.05) is 0 Å². The van der Waals surface area contributed by atoms with Gasteiger partial charge in [0.05, 0.1) is 5.41 Å². The fourth-order valence-electron chi connectivity index (χ4n) is 12.3. The van der Waals surface area contributed by atoms with Crippen LogP contribution in [0.1, 0.15) is 139 Å². The van der Waals surface area contributed by atoms with E-state index < -0.39 is 5.41 Å². The van der Waals surface area contributed by atoms with Gasteiger partial charge in [0, 0.05) is 12.8 Å². The van der Waals surface area contributed by atoms with E-state index in [0.717, 1.165) is 42.4 Å². The maximum absolute atomic E-state index is 13.3. The summed E-state index contributed by atoms with van der Waals surface area (Å²) < 4.78 is 0. The lowest BCUT2D eigenvalue weighted by atomic mass is 9.33. The van der Waals surface area contributed by atoms with Crippen molar-refractivity contribution < 1.29 is 9.59 Å². The first kappa shape index (κ1) is 26.9. The van der Waals surface area contributed by atoms with Crippen LogP contribution in [0, 0.1) is 62.6 Å². The predicted molar refractivity (Wildman–Crippen MR) is 149 cm³/mol. The molecule has 0 saturated heterocycles. The summed E-state index contributed by atoms with van der Waals surface area (Å²) in [6.07, 6.45) is 15.2. The van der Waals surface area contributed by atoms with Crippen LogP contribution in [0.2, 0.25) is 0 Å². The zero-order valence-electron chi connectivity index (χ0n) is 25.0. The number of ketones is 2. The number of hydrogen-bond donors (Lipinski definition) is 0. The zero-order valence-corrected chi connectivity index (χ0v) is 25.0. The molecule has 0 aromatic heterocycles. The molecule has 2 heteroatoms. The molecule has 5 saturated carbocycles. The van der Waals surface area contributed by atoms with E-state index in [1.54, 1.807) is 0 Å². The first-order chi connectivity index (χ1) is 16.8. The first-order valence-corrected chi connectivity index (χ1v) is 15.8. The Morgan fingerprint density at radius 3 is 2.00 bits per heavy atom. The SMILES string of the molecule is CC(C)CCC[C@@H](C)[C@H]1CC[C@@]2(C)[C@H]1CC[C@@H]1[C@@]3(C)CCC4(C(=O)CCC4=O)C(C)(C)C3CC[C@]12C. The van der Waals surface area contributed by atoms with Crippen LogP contribution < -0.4 is 0 Å². The van der Waals surface area contributed by atoms with E-state index in [0.29, 0.717) is 29.6 Å². The van der Waals surface area contributed by atoms with E-state index in [2.05, 4.69) is 55.4 Å². The molecule has 0 amide bonds. The molecule has 204 valence electrons. The Hall–Kier alpha value is -0.660. The molecule has 5 aliphatic rings. The number of carbonyl (C=O) groups is 2. The Balaban J connectivity index is 1.41. The third-order valence-electron chi connectivity index (χ3n) is 14.4. The molecule has 0 heterocycles. The average Bonchev–Trinajstić information content (AvgIpc) is 3.29. The summed E-state index contributed by atoms with van der Waals surface area (Å²) in [7, 11) is 0. The van der Waals surface area contributed by atoms with Crippen molar-refractivity contribution in [3.63, 3.8) is 0 Å². The van der Waals surface area contributed by atoms with Gasteiger partial charge < -0.3 is 0 Å². The standard InChI is InChI=1S/C34H56O2/c1-22(2)10-9-11-23(3)24-16-18-32(7)25(24)12-13-27-31(6)20-21-34(28(35)14-15-29(34)36)30(4,5)26(31)17-19-33(27,32)8/h22-27H,9-21H2,1-8H3/t23-,24-,25+,26?,27-,31+,32+,33-/m1/s1. The van der Waals surface area contributed by atoms with E-state index in [4.69, 9.17) is 0 Å². The van der Waals surface area contributed by atoms with Crippen LogP contribution >= 0.6 is 0 Å². The molecule has 0 aliphatic heterocycles. The van der Waals surface area contributed by atoms with Gasteiger partial charge in [0.1, 0.15) is 11.6 Å². The van der Waals surface area contributed by atoms with Crippen LogP contribution in [0.15, 0.2) is 0 Å². The molecule has 0 N–H and O–H groups in total. The molecule has 36 heavy (non-hydrogen) atoms. The third kappa shape index (κ3) is 3.33. The fraction of sp³-hybridized carbons (Fsp3) is 0.941. The van der Waals surface area contributed by atoms with Crippen molar-refractivity contribution in [2.45, 2.75) is 139 Å². The average molecular weight is 497 g/mol. The summed E-state index contributed by atoms with van der Waals surface area (Å²) in [5.41, 5.74) is 0.180. The van der Waals surface area contributed by atoms with E-state index in [-0.39, 0.29) is 22.4 Å². The highest BCUT2D eigenvalue weighted by Gasteiger charge is 2.73. The van der Waals surface area contributed by atoms with Crippen molar-refractivity contribution in [1.82, 2.24) is 0 Å². The summed E-state index contributed by atoms with van der Waals surface area (Å²) in [5, 5.41) is 0. The monoisotopic (exact) mass is 496 g/mol. The molecule has 8 atom stereocenters. The smallest absolute Gasteiger partial charge is 0.147 e. The van der Waals surface area contributed by atoms with Crippen molar-refractivity contribution in [1.29, 1.82) is 0 Å². The lowest BCUT2D eigenvalue weighted by molar-refractivity contribution is -0.225. The number of rotatable bonds is 5. The molecule has 0 bridgehead atoms. The Morgan fingerprint density at radius 2 is 1.36 bits per heavy atom. The summed E-state index contributed by atoms with van der Waals surface area (Å²) >= 11 is 0. The van der Waals surface area contributed by atoms with Gasteiger partial charge in [-0.15, -0.1) is 0 Å². The van der Waals surface area contributed by atoms with Gasteiger partial charge in [-0.05, 0) is 109 Å². The maximum atomic E-state index is 13.3. The Kier molecular flexibility index (Phi) is 6.49. The Bertz CT molecular complexity index is 883. The highest BCUT2D eigenvalue weighted by molar-refractivity contribution is 6.13. The third-order valence-corrected chi connectivity index (χ3v) is 14.4. The maximum Gasteiger partial charge on any atom is 0.147 e. The summed E-state index contributed by atoms with van der Waals surface area (Å²) in [6.45, 7) is 19.9. The van der Waals surface area contributed by atoms with Crippen LogP contribution in [-0.4, -0.2) is 11.6 Å². The second kappa shape index (κ2) is 8.67. The molecular formula is C34H56O2. The number of fused-ring (bicyclic) bond motifs is 5. The number of carbonyl (C=O) groups excluding carboxylic acids is 2. The van der Waals surface area contributed by atoms with Gasteiger partial charge in [0.15, 0.2) is 0 Å². The molecule has 2 nitrogen and oxygen atoms in total. The number of hydrogen-bond acceptors (Lipinski definition) is 2. The molecule has 0 aromatic rings. The first-order valence-electron chi connectivity index (χ1n) is 15.8. The molecular weight excluding hydrogens is 440 g/mol. The summed E-state index contributed by atoms with van der Waals surface area (Å²) in [4.78, 5) is 26.6. The minimum absolute atomic E-state index is 0.215. The quantitative estimate of drug-likeness (QED) is 0.356. The Labute approximate surface area is 222 Å². The van der Waals surface area contributed by atoms with Gasteiger partial charge in [-0.3, -0.25) is 9.59 Å². The lowest BCUT2D eigenvalue weighted by Gasteiger charge is -2.71. The highest BCUT2D eigenvalue weighted by atomic mass is 16.2. The van der Waals surface area contributed by atoms with Gasteiger partial charge >= 0.3 is 0 Å². The minimum Gasteiger partial charge on any atom is -0.299 e. The molecule has 0 aromatic carbocycles. The largest absolute Gasteiger partial charge is 0.299 e. The van der Waals surface area contributed by atoms with E-state index in [1.165, 1.54) is 57.8 Å². The van der Waals surface area contributed by atoms with Gasteiger partial charge in [-0.1, -0.05) is 74.7 Å². The lowest BCUT2D eigenvalue weighted by Crippen LogP contribution is -2.66. The normalized spacial score (nSPS) is 46.0. The van der Waals surface area contributed by atoms with Crippen LogP contribution in [0.4, 0.5) is 0 Å². The molecule has 5 aliphatic carbocycles. The van der Waals surface area contributed by atoms with Crippen molar-refractivity contribution in [3.8, 4) is 0 Å².